The lowest BCUT2D eigenvalue weighted by Crippen LogP contribution is -2.44. The number of anilines is 1. The lowest BCUT2D eigenvalue weighted by Gasteiger charge is -2.34. The van der Waals surface area contributed by atoms with Crippen LogP contribution in [-0.2, 0) is 30.7 Å². The predicted molar refractivity (Wildman–Crippen MR) is 147 cm³/mol. The Morgan fingerprint density at radius 1 is 1.19 bits per heavy atom. The molecular weight excluding hydrogens is 510 g/mol. The maximum absolute atomic E-state index is 13.5. The van der Waals surface area contributed by atoms with Crippen LogP contribution in [0.5, 0.6) is 0 Å². The van der Waals surface area contributed by atoms with Gasteiger partial charge in [0.1, 0.15) is 12.5 Å². The highest BCUT2D eigenvalue weighted by Gasteiger charge is 2.24. The van der Waals surface area contributed by atoms with Crippen molar-refractivity contribution in [2.45, 2.75) is 45.4 Å². The van der Waals surface area contributed by atoms with E-state index in [0.717, 1.165) is 30.4 Å². The number of ether oxygens (including phenoxy) is 3. The molecule has 0 aliphatic carbocycles. The van der Waals surface area contributed by atoms with Crippen LogP contribution in [0.25, 0.3) is 16.9 Å². The zero-order valence-electron chi connectivity index (χ0n) is 22.1. The normalized spacial score (nSPS) is 20.4. The van der Waals surface area contributed by atoms with Gasteiger partial charge in [-0.2, -0.15) is 19.2 Å². The second kappa shape index (κ2) is 10.8. The number of pyridine rings is 1. The van der Waals surface area contributed by atoms with Crippen LogP contribution in [0.3, 0.4) is 0 Å². The first-order valence-corrected chi connectivity index (χ1v) is 18.4. The maximum atomic E-state index is 13.5. The van der Waals surface area contributed by atoms with Crippen LogP contribution in [0.4, 0.5) is 11.5 Å². The number of aromatic nitrogens is 5. The van der Waals surface area contributed by atoms with E-state index in [2.05, 4.69) is 41.7 Å². The van der Waals surface area contributed by atoms with E-state index in [-0.39, 0.29) is 6.04 Å². The molecule has 5 heterocycles. The number of hydrogen-bond acceptors (Lipinski definition) is 9. The van der Waals surface area contributed by atoms with E-state index >= 15 is 0 Å². The SMILES string of the molecule is C[C@@H]1COCCN1c1cc(N=S2(=O)CCOCC2)c2cnn(-c3ccn(COCC[Si](C)(C)C)n3)c2n1. The van der Waals surface area contributed by atoms with E-state index in [1.165, 1.54) is 0 Å². The van der Waals surface area contributed by atoms with Gasteiger partial charge in [0.2, 0.25) is 0 Å². The summed E-state index contributed by atoms with van der Waals surface area (Å²) in [5.41, 5.74) is 1.28. The Bertz CT molecular complexity index is 1350. The van der Waals surface area contributed by atoms with Crippen LogP contribution in [0, 0.1) is 0 Å². The fourth-order valence-corrected chi connectivity index (χ4v) is 6.76. The Balaban J connectivity index is 1.50. The molecule has 1 atom stereocenters. The molecule has 3 aromatic heterocycles. The van der Waals surface area contributed by atoms with Crippen LogP contribution >= 0.6 is 0 Å². The maximum Gasteiger partial charge on any atom is 0.177 e. The molecule has 0 N–H and O–H groups in total. The molecule has 2 saturated heterocycles. The summed E-state index contributed by atoms with van der Waals surface area (Å²) >= 11 is 0. The second-order valence-electron chi connectivity index (χ2n) is 10.9. The number of nitrogens with zero attached hydrogens (tertiary/aromatic N) is 7. The highest BCUT2D eigenvalue weighted by Crippen LogP contribution is 2.33. The van der Waals surface area contributed by atoms with Crippen LogP contribution < -0.4 is 4.90 Å². The number of hydrogen-bond donors (Lipinski definition) is 0. The summed E-state index contributed by atoms with van der Waals surface area (Å²) in [6.45, 7) is 13.1. The Morgan fingerprint density at radius 2 is 2.00 bits per heavy atom. The fourth-order valence-electron chi connectivity index (χ4n) is 4.35. The Morgan fingerprint density at radius 3 is 2.76 bits per heavy atom. The van der Waals surface area contributed by atoms with Gasteiger partial charge in [0.15, 0.2) is 11.5 Å². The smallest absolute Gasteiger partial charge is 0.177 e. The van der Waals surface area contributed by atoms with Gasteiger partial charge < -0.3 is 19.1 Å². The molecule has 37 heavy (non-hydrogen) atoms. The van der Waals surface area contributed by atoms with Gasteiger partial charge >= 0.3 is 0 Å². The minimum atomic E-state index is -2.41. The molecule has 11 nitrogen and oxygen atoms in total. The molecule has 202 valence electrons. The molecule has 0 radical (unpaired) electrons. The lowest BCUT2D eigenvalue weighted by atomic mass is 10.2. The number of morpholine rings is 1. The molecule has 5 rings (SSSR count). The van der Waals surface area contributed by atoms with Crippen LogP contribution in [0.2, 0.25) is 25.7 Å². The third-order valence-electron chi connectivity index (χ3n) is 6.59. The highest BCUT2D eigenvalue weighted by molar-refractivity contribution is 7.93. The highest BCUT2D eigenvalue weighted by atomic mass is 32.2. The fraction of sp³-hybridized carbons (Fsp3) is 0.625. The molecule has 0 amide bonds. The molecule has 2 fully saturated rings. The van der Waals surface area contributed by atoms with Crippen molar-refractivity contribution in [3.8, 4) is 5.82 Å². The molecule has 13 heteroatoms. The Hall–Kier alpha value is -2.32. The Labute approximate surface area is 219 Å². The summed E-state index contributed by atoms with van der Waals surface area (Å²) < 4.78 is 38.7. The molecule has 2 aliphatic rings. The van der Waals surface area contributed by atoms with E-state index in [0.29, 0.717) is 61.8 Å². The summed E-state index contributed by atoms with van der Waals surface area (Å²) in [4.78, 5) is 7.20. The zero-order valence-corrected chi connectivity index (χ0v) is 23.9. The van der Waals surface area contributed by atoms with Crippen molar-refractivity contribution in [3.63, 3.8) is 0 Å². The van der Waals surface area contributed by atoms with E-state index < -0.39 is 17.8 Å². The number of fused-ring (bicyclic) bond motifs is 1. The molecule has 0 bridgehead atoms. The first-order chi connectivity index (χ1) is 17.7. The van der Waals surface area contributed by atoms with E-state index in [4.69, 9.17) is 23.6 Å². The van der Waals surface area contributed by atoms with Gasteiger partial charge in [0.25, 0.3) is 0 Å². The topological polar surface area (TPSA) is 109 Å². The van der Waals surface area contributed by atoms with Crippen molar-refractivity contribution in [2.24, 2.45) is 4.36 Å². The number of rotatable bonds is 8. The van der Waals surface area contributed by atoms with Gasteiger partial charge in [0.05, 0.1) is 71.0 Å². The standard InChI is InChI=1S/C24H37N7O4SSi/c1-19-17-34-8-7-30(19)23-15-21(28-36(32)12-9-33-10-13-36)20-16-25-31(24(20)26-23)22-5-6-29(27-22)18-35-11-14-37(2,3)4/h5-6,15-16,19H,7-14,17-18H2,1-4H3/t19-/m1/s1. The van der Waals surface area contributed by atoms with Crippen molar-refractivity contribution in [3.05, 3.63) is 24.5 Å². The summed E-state index contributed by atoms with van der Waals surface area (Å²) in [7, 11) is -3.55. The quantitative estimate of drug-likeness (QED) is 0.312. The summed E-state index contributed by atoms with van der Waals surface area (Å²) in [6, 6.07) is 5.10. The third-order valence-corrected chi connectivity index (χ3v) is 10.4. The molecule has 0 saturated carbocycles. The van der Waals surface area contributed by atoms with Crippen molar-refractivity contribution in [1.82, 2.24) is 24.5 Å². The second-order valence-corrected chi connectivity index (χ2v) is 19.0. The molecule has 0 aromatic carbocycles. The zero-order chi connectivity index (χ0) is 26.0. The van der Waals surface area contributed by atoms with Gasteiger partial charge in [-0.3, -0.25) is 0 Å². The van der Waals surface area contributed by atoms with E-state index in [1.807, 2.05) is 18.3 Å². The minimum absolute atomic E-state index is 0.159. The predicted octanol–water partition coefficient (Wildman–Crippen LogP) is 3.28. The van der Waals surface area contributed by atoms with Gasteiger partial charge in [-0.15, -0.1) is 0 Å². The lowest BCUT2D eigenvalue weighted by molar-refractivity contribution is 0.0785. The first-order valence-electron chi connectivity index (χ1n) is 12.9. The Kier molecular flexibility index (Phi) is 7.68. The molecule has 2 aliphatic heterocycles. The van der Waals surface area contributed by atoms with Crippen LogP contribution in [-0.4, -0.2) is 94.0 Å². The van der Waals surface area contributed by atoms with Crippen molar-refractivity contribution in [1.29, 1.82) is 0 Å². The average molecular weight is 548 g/mol. The summed E-state index contributed by atoms with van der Waals surface area (Å²) in [6.07, 6.45) is 3.62. The minimum Gasteiger partial charge on any atom is -0.379 e. The molecular formula is C24H37N7O4SSi. The van der Waals surface area contributed by atoms with Crippen LogP contribution in [0.15, 0.2) is 28.9 Å². The monoisotopic (exact) mass is 547 g/mol. The molecule has 0 unspecified atom stereocenters. The first kappa shape index (κ1) is 26.3. The average Bonchev–Trinajstić information content (AvgIpc) is 3.49. The van der Waals surface area contributed by atoms with Crippen molar-refractivity contribution in [2.75, 3.05) is 56.0 Å². The van der Waals surface area contributed by atoms with Gasteiger partial charge in [0, 0.05) is 39.6 Å². The van der Waals surface area contributed by atoms with Crippen molar-refractivity contribution >= 4 is 40.3 Å². The largest absolute Gasteiger partial charge is 0.379 e. The summed E-state index contributed by atoms with van der Waals surface area (Å²) in [5.74, 6) is 2.27. The van der Waals surface area contributed by atoms with E-state index in [9.17, 15) is 4.21 Å². The van der Waals surface area contributed by atoms with Gasteiger partial charge in [-0.25, -0.2) is 13.9 Å². The molecule has 3 aromatic rings. The van der Waals surface area contributed by atoms with Crippen molar-refractivity contribution < 1.29 is 18.4 Å². The summed E-state index contributed by atoms with van der Waals surface area (Å²) in [5, 5.41) is 10.0. The molecule has 0 spiro atoms. The van der Waals surface area contributed by atoms with Crippen LogP contribution in [0.1, 0.15) is 6.92 Å². The van der Waals surface area contributed by atoms with E-state index in [1.54, 1.807) is 15.6 Å². The van der Waals surface area contributed by atoms with Gasteiger partial charge in [-0.1, -0.05) is 19.6 Å². The van der Waals surface area contributed by atoms with Gasteiger partial charge in [-0.05, 0) is 13.0 Å². The third kappa shape index (κ3) is 6.23.